The summed E-state index contributed by atoms with van der Waals surface area (Å²) in [6.45, 7) is -0.141. The Labute approximate surface area is 143 Å². The van der Waals surface area contributed by atoms with Gasteiger partial charge < -0.3 is 0 Å². The fourth-order valence-electron chi connectivity index (χ4n) is 3.47. The number of carbonyl (C=O) groups is 2. The molecule has 0 radical (unpaired) electrons. The summed E-state index contributed by atoms with van der Waals surface area (Å²) in [5, 5.41) is 2.21. The van der Waals surface area contributed by atoms with Crippen molar-refractivity contribution in [1.29, 1.82) is 0 Å². The van der Waals surface area contributed by atoms with Crippen LogP contribution in [0.4, 0.5) is 4.39 Å². The van der Waals surface area contributed by atoms with Crippen molar-refractivity contribution in [3.63, 3.8) is 0 Å². The van der Waals surface area contributed by atoms with Crippen LogP contribution in [0.3, 0.4) is 0 Å². The Bertz CT molecular complexity index is 1000. The van der Waals surface area contributed by atoms with E-state index < -0.39 is 33.2 Å². The van der Waals surface area contributed by atoms with Gasteiger partial charge in [0.1, 0.15) is 5.82 Å². The van der Waals surface area contributed by atoms with Crippen LogP contribution in [0.5, 0.6) is 0 Å². The molecule has 25 heavy (non-hydrogen) atoms. The largest absolute Gasteiger partial charge is 0.294 e. The van der Waals surface area contributed by atoms with Crippen LogP contribution >= 0.6 is 0 Å². The smallest absolute Gasteiger partial charge is 0.253 e. The maximum Gasteiger partial charge on any atom is 0.253 e. The number of hydrogen-bond acceptors (Lipinski definition) is 4. The zero-order chi connectivity index (χ0) is 17.8. The fraction of sp³-hybridized carbons (Fsp3) is 0.176. The Morgan fingerprint density at radius 3 is 2.40 bits per heavy atom. The molecular weight excluding hydrogens is 347 g/mol. The molecule has 1 spiro atoms. The van der Waals surface area contributed by atoms with Crippen LogP contribution in [0.1, 0.15) is 17.5 Å². The van der Waals surface area contributed by atoms with Gasteiger partial charge in [-0.2, -0.15) is 4.31 Å². The molecule has 2 aromatic carbocycles. The molecule has 2 amide bonds. The van der Waals surface area contributed by atoms with E-state index in [9.17, 15) is 22.4 Å². The molecule has 2 aliphatic heterocycles. The minimum atomic E-state index is -3.98. The highest BCUT2D eigenvalue weighted by molar-refractivity contribution is 7.89. The van der Waals surface area contributed by atoms with Gasteiger partial charge in [-0.05, 0) is 23.8 Å². The monoisotopic (exact) mass is 360 g/mol. The summed E-state index contributed by atoms with van der Waals surface area (Å²) in [6.07, 6.45) is -0.275. The molecule has 0 aromatic heterocycles. The van der Waals surface area contributed by atoms with Crippen molar-refractivity contribution in [2.24, 2.45) is 0 Å². The molecule has 6 nitrogen and oxygen atoms in total. The van der Waals surface area contributed by atoms with Crippen LogP contribution in [0.2, 0.25) is 0 Å². The average Bonchev–Trinajstić information content (AvgIpc) is 2.97. The minimum Gasteiger partial charge on any atom is -0.294 e. The van der Waals surface area contributed by atoms with Gasteiger partial charge in [0.15, 0.2) is 5.54 Å². The molecule has 0 saturated carbocycles. The molecule has 1 unspecified atom stereocenters. The average molecular weight is 360 g/mol. The Kier molecular flexibility index (Phi) is 3.32. The summed E-state index contributed by atoms with van der Waals surface area (Å²) < 4.78 is 40.2. The van der Waals surface area contributed by atoms with E-state index in [4.69, 9.17) is 0 Å². The van der Waals surface area contributed by atoms with Gasteiger partial charge in [0.25, 0.3) is 5.91 Å². The van der Waals surface area contributed by atoms with Crippen LogP contribution < -0.4 is 5.32 Å². The van der Waals surface area contributed by atoms with E-state index in [2.05, 4.69) is 5.32 Å². The number of halogens is 1. The first-order valence-corrected chi connectivity index (χ1v) is 9.01. The first-order chi connectivity index (χ1) is 11.9. The van der Waals surface area contributed by atoms with Crippen molar-refractivity contribution in [2.45, 2.75) is 23.4 Å². The van der Waals surface area contributed by atoms with Gasteiger partial charge in [-0.1, -0.05) is 30.3 Å². The van der Waals surface area contributed by atoms with Gasteiger partial charge in [0.2, 0.25) is 15.9 Å². The molecule has 2 aromatic rings. The molecule has 2 heterocycles. The van der Waals surface area contributed by atoms with Gasteiger partial charge in [-0.25, -0.2) is 12.8 Å². The lowest BCUT2D eigenvalue weighted by Crippen LogP contribution is -2.48. The topological polar surface area (TPSA) is 83.5 Å². The van der Waals surface area contributed by atoms with Gasteiger partial charge >= 0.3 is 0 Å². The fourth-order valence-corrected chi connectivity index (χ4v) is 5.45. The lowest BCUT2D eigenvalue weighted by atomic mass is 9.88. The van der Waals surface area contributed by atoms with E-state index >= 15 is 0 Å². The third kappa shape index (κ3) is 2.14. The molecule has 1 N–H and O–H groups in total. The lowest BCUT2D eigenvalue weighted by Gasteiger charge is -2.30. The van der Waals surface area contributed by atoms with E-state index in [0.717, 1.165) is 4.31 Å². The summed E-state index contributed by atoms with van der Waals surface area (Å²) in [6, 6.07) is 11.5. The Morgan fingerprint density at radius 2 is 1.76 bits per heavy atom. The van der Waals surface area contributed by atoms with Gasteiger partial charge in [0, 0.05) is 12.1 Å². The second-order valence-electron chi connectivity index (χ2n) is 6.05. The zero-order valence-electron chi connectivity index (χ0n) is 12.9. The zero-order valence-corrected chi connectivity index (χ0v) is 13.7. The number of benzene rings is 2. The maximum atomic E-state index is 13.1. The molecule has 1 saturated heterocycles. The number of rotatable bonds is 2. The van der Waals surface area contributed by atoms with E-state index in [1.54, 1.807) is 18.2 Å². The van der Waals surface area contributed by atoms with Crippen molar-refractivity contribution in [2.75, 3.05) is 0 Å². The van der Waals surface area contributed by atoms with Gasteiger partial charge in [0.05, 0.1) is 11.3 Å². The van der Waals surface area contributed by atoms with Gasteiger partial charge in [-0.3, -0.25) is 14.9 Å². The Hall–Kier alpha value is -2.58. The maximum absolute atomic E-state index is 13.1. The lowest BCUT2D eigenvalue weighted by molar-refractivity contribution is -0.128. The number of amides is 2. The van der Waals surface area contributed by atoms with Gasteiger partial charge in [-0.15, -0.1) is 0 Å². The summed E-state index contributed by atoms with van der Waals surface area (Å²) in [4.78, 5) is 24.5. The van der Waals surface area contributed by atoms with E-state index in [1.165, 1.54) is 30.3 Å². The highest BCUT2D eigenvalue weighted by Crippen LogP contribution is 2.49. The Morgan fingerprint density at radius 1 is 1.08 bits per heavy atom. The van der Waals surface area contributed by atoms with Crippen LogP contribution in [0.25, 0.3) is 0 Å². The van der Waals surface area contributed by atoms with E-state index in [-0.39, 0.29) is 17.9 Å². The molecule has 1 fully saturated rings. The molecule has 0 aliphatic carbocycles. The number of fused-ring (bicyclic) bond motifs is 2. The predicted octanol–water partition coefficient (Wildman–Crippen LogP) is 1.27. The summed E-state index contributed by atoms with van der Waals surface area (Å²) in [5.41, 5.74) is -0.786. The first-order valence-electron chi connectivity index (χ1n) is 7.57. The molecule has 4 rings (SSSR count). The normalized spacial score (nSPS) is 24.5. The Balaban J connectivity index is 1.90. The summed E-state index contributed by atoms with van der Waals surface area (Å²) in [5.74, 6) is -1.63. The van der Waals surface area contributed by atoms with E-state index in [0.29, 0.717) is 11.1 Å². The molecular formula is C17H13FN2O4S. The van der Waals surface area contributed by atoms with Crippen molar-refractivity contribution in [3.8, 4) is 0 Å². The standard InChI is InChI=1S/C17H13FN2O4S/c18-12-7-5-11(6-8-12)10-20-17(9-15(21)19-16(17)22)13-3-1-2-4-14(13)25(20,23)24/h1-8H,9-10H2,(H,19,21,22). The number of carbonyl (C=O) groups excluding carboxylic acids is 2. The summed E-state index contributed by atoms with van der Waals surface area (Å²) in [7, 11) is -3.98. The highest BCUT2D eigenvalue weighted by Gasteiger charge is 2.62. The second-order valence-corrected chi connectivity index (χ2v) is 7.88. The van der Waals surface area contributed by atoms with Crippen LogP contribution in [-0.2, 0) is 31.7 Å². The number of nitrogens with one attached hydrogen (secondary N) is 1. The molecule has 2 aliphatic rings. The molecule has 128 valence electrons. The first kappa shape index (κ1) is 15.9. The van der Waals surface area contributed by atoms with Crippen molar-refractivity contribution in [3.05, 3.63) is 65.5 Å². The van der Waals surface area contributed by atoms with Crippen LogP contribution in [0, 0.1) is 5.82 Å². The van der Waals surface area contributed by atoms with Crippen LogP contribution in [0.15, 0.2) is 53.4 Å². The molecule has 1 atom stereocenters. The predicted molar refractivity (Wildman–Crippen MR) is 85.0 cm³/mol. The third-order valence-corrected chi connectivity index (χ3v) is 6.54. The SMILES string of the molecule is O=C1CC2(C(=O)N1)c1ccccc1S(=O)(=O)N2Cc1ccc(F)cc1. The number of nitrogens with zero attached hydrogens (tertiary/aromatic N) is 1. The molecule has 0 bridgehead atoms. The quantitative estimate of drug-likeness (QED) is 0.818. The van der Waals surface area contributed by atoms with E-state index in [1.807, 2.05) is 0 Å². The minimum absolute atomic E-state index is 0.0157. The second kappa shape index (κ2) is 5.21. The van der Waals surface area contributed by atoms with Crippen LogP contribution in [-0.4, -0.2) is 24.5 Å². The highest BCUT2D eigenvalue weighted by atomic mass is 32.2. The van der Waals surface area contributed by atoms with Crippen molar-refractivity contribution in [1.82, 2.24) is 9.62 Å². The number of sulfonamides is 1. The summed E-state index contributed by atoms with van der Waals surface area (Å²) >= 11 is 0. The van der Waals surface area contributed by atoms with Crippen molar-refractivity contribution < 1.29 is 22.4 Å². The molecule has 8 heteroatoms. The van der Waals surface area contributed by atoms with Crippen molar-refractivity contribution >= 4 is 21.8 Å². The number of imide groups is 1. The number of hydrogen-bond donors (Lipinski definition) is 1. The third-order valence-electron chi connectivity index (χ3n) is 4.61.